The summed E-state index contributed by atoms with van der Waals surface area (Å²) in [5.41, 5.74) is 0. The molecule has 0 aromatic heterocycles. The van der Waals surface area contributed by atoms with Gasteiger partial charge in [0, 0.05) is 10.7 Å². The fraction of sp³-hybridized carbons (Fsp3) is 1.00. The van der Waals surface area contributed by atoms with Gasteiger partial charge in [0.2, 0.25) is 0 Å². The van der Waals surface area contributed by atoms with Crippen molar-refractivity contribution >= 4 is 27.5 Å². The molecular weight excluding hydrogens is 175 g/mol. The summed E-state index contributed by atoms with van der Waals surface area (Å²) in [4.78, 5) is 0. The summed E-state index contributed by atoms with van der Waals surface area (Å²) in [6, 6.07) is 0. The van der Waals surface area contributed by atoms with E-state index >= 15 is 0 Å². The Labute approximate surface area is 58.4 Å². The van der Waals surface area contributed by atoms with Crippen LogP contribution in [-0.2, 0) is 0 Å². The summed E-state index contributed by atoms with van der Waals surface area (Å²) in [7, 11) is 0. The lowest BCUT2D eigenvalue weighted by Gasteiger charge is -1.95. The van der Waals surface area contributed by atoms with Gasteiger partial charge in [0.05, 0.1) is 0 Å². The topological polar surface area (TPSA) is 0 Å². The largest absolute Gasteiger partial charge is 0.123 e. The van der Waals surface area contributed by atoms with Crippen LogP contribution in [0.4, 0.5) is 0 Å². The number of halogens is 2. The predicted molar refractivity (Wildman–Crippen MR) is 38.3 cm³/mol. The molecule has 0 heterocycles. The van der Waals surface area contributed by atoms with Gasteiger partial charge in [0.15, 0.2) is 0 Å². The van der Waals surface area contributed by atoms with E-state index < -0.39 is 0 Å². The Morgan fingerprint density at radius 3 is 2.43 bits per heavy atom. The van der Waals surface area contributed by atoms with Crippen molar-refractivity contribution in [3.63, 3.8) is 0 Å². The quantitative estimate of drug-likeness (QED) is 0.593. The van der Waals surface area contributed by atoms with Crippen LogP contribution in [0.15, 0.2) is 0 Å². The van der Waals surface area contributed by atoms with Crippen molar-refractivity contribution in [2.45, 2.75) is 25.1 Å². The summed E-state index contributed by atoms with van der Waals surface area (Å²) < 4.78 is 0. The molecule has 0 fully saturated rings. The maximum atomic E-state index is 5.64. The van der Waals surface area contributed by atoms with Crippen LogP contribution in [0.1, 0.15) is 19.8 Å². The number of alkyl halides is 2. The first kappa shape index (κ1) is 7.77. The number of hydrogen-bond acceptors (Lipinski definition) is 0. The molecule has 0 saturated carbocycles. The molecule has 0 aromatic carbocycles. The smallest absolute Gasteiger partial charge is 0.0308 e. The monoisotopic (exact) mass is 184 g/mol. The molecule has 0 aliphatic carbocycles. The van der Waals surface area contributed by atoms with Crippen molar-refractivity contribution < 1.29 is 0 Å². The molecule has 0 nitrogen and oxygen atoms in total. The fourth-order valence-corrected chi connectivity index (χ4v) is 0.836. The van der Waals surface area contributed by atoms with E-state index in [1.807, 2.05) is 6.92 Å². The molecule has 0 radical (unpaired) electrons. The number of rotatable bonds is 3. The predicted octanol–water partition coefficient (Wildman–Crippen LogP) is 2.79. The summed E-state index contributed by atoms with van der Waals surface area (Å²) >= 11 is 8.95. The van der Waals surface area contributed by atoms with Crippen molar-refractivity contribution in [1.82, 2.24) is 0 Å². The van der Waals surface area contributed by atoms with Crippen LogP contribution in [0.2, 0.25) is 0 Å². The first-order valence-electron chi connectivity index (χ1n) is 2.47. The van der Waals surface area contributed by atoms with Gasteiger partial charge in [-0.2, -0.15) is 0 Å². The minimum atomic E-state index is 0.345. The van der Waals surface area contributed by atoms with Gasteiger partial charge in [-0.3, -0.25) is 0 Å². The maximum Gasteiger partial charge on any atom is 0.0308 e. The average Bonchev–Trinajstić information content (AvgIpc) is 1.61. The molecule has 0 amide bonds. The van der Waals surface area contributed by atoms with Gasteiger partial charge in [-0.15, -0.1) is 11.6 Å². The second-order valence-electron chi connectivity index (χ2n) is 1.61. The third kappa shape index (κ3) is 6.77. The van der Waals surface area contributed by atoms with Gasteiger partial charge in [-0.05, 0) is 19.8 Å². The van der Waals surface area contributed by atoms with Crippen molar-refractivity contribution in [1.29, 1.82) is 0 Å². The standard InChI is InChI=1S/C5H10BrCl/c1-5(7)3-2-4-6/h5H,2-4H2,1H3. The van der Waals surface area contributed by atoms with Crippen LogP contribution in [0, 0.1) is 0 Å². The average molecular weight is 185 g/mol. The summed E-state index contributed by atoms with van der Waals surface area (Å²) in [5, 5.41) is 1.42. The van der Waals surface area contributed by atoms with Crippen molar-refractivity contribution in [3.8, 4) is 0 Å². The highest BCUT2D eigenvalue weighted by molar-refractivity contribution is 9.09. The zero-order chi connectivity index (χ0) is 5.70. The van der Waals surface area contributed by atoms with E-state index in [4.69, 9.17) is 11.6 Å². The van der Waals surface area contributed by atoms with Crippen LogP contribution >= 0.6 is 27.5 Å². The molecule has 0 bridgehead atoms. The molecule has 44 valence electrons. The molecule has 0 spiro atoms. The maximum absolute atomic E-state index is 5.64. The zero-order valence-electron chi connectivity index (χ0n) is 4.45. The van der Waals surface area contributed by atoms with Crippen molar-refractivity contribution in [2.24, 2.45) is 0 Å². The van der Waals surface area contributed by atoms with Crippen LogP contribution in [-0.4, -0.2) is 10.7 Å². The summed E-state index contributed by atoms with van der Waals surface area (Å²) in [6.07, 6.45) is 2.30. The SMILES string of the molecule is CC(Cl)CCCBr. The highest BCUT2D eigenvalue weighted by Crippen LogP contribution is 2.04. The normalized spacial score (nSPS) is 14.1. The Balaban J connectivity index is 2.68. The van der Waals surface area contributed by atoms with Gasteiger partial charge in [-0.1, -0.05) is 15.9 Å². The van der Waals surface area contributed by atoms with Gasteiger partial charge in [0.25, 0.3) is 0 Å². The van der Waals surface area contributed by atoms with E-state index in [1.165, 1.54) is 6.42 Å². The van der Waals surface area contributed by atoms with Crippen LogP contribution in [0.25, 0.3) is 0 Å². The Morgan fingerprint density at radius 1 is 1.71 bits per heavy atom. The third-order valence-corrected chi connectivity index (χ3v) is 1.51. The lowest BCUT2D eigenvalue weighted by Crippen LogP contribution is -1.89. The minimum Gasteiger partial charge on any atom is -0.123 e. The van der Waals surface area contributed by atoms with Crippen LogP contribution in [0.5, 0.6) is 0 Å². The molecule has 0 rings (SSSR count). The van der Waals surface area contributed by atoms with E-state index in [9.17, 15) is 0 Å². The molecule has 1 unspecified atom stereocenters. The fourth-order valence-electron chi connectivity index (χ4n) is 0.358. The van der Waals surface area contributed by atoms with E-state index in [2.05, 4.69) is 15.9 Å². The number of hydrogen-bond donors (Lipinski definition) is 0. The molecule has 0 N–H and O–H groups in total. The molecule has 0 aromatic rings. The first-order chi connectivity index (χ1) is 3.27. The van der Waals surface area contributed by atoms with Crippen molar-refractivity contribution in [2.75, 3.05) is 5.33 Å². The van der Waals surface area contributed by atoms with Gasteiger partial charge in [0.1, 0.15) is 0 Å². The second-order valence-corrected chi connectivity index (χ2v) is 3.15. The van der Waals surface area contributed by atoms with E-state index in [1.54, 1.807) is 0 Å². The Kier molecular flexibility index (Phi) is 5.46. The molecule has 0 saturated heterocycles. The summed E-state index contributed by atoms with van der Waals surface area (Å²) in [5.74, 6) is 0. The van der Waals surface area contributed by atoms with Gasteiger partial charge in [-0.25, -0.2) is 0 Å². The molecule has 2 heteroatoms. The van der Waals surface area contributed by atoms with Gasteiger partial charge < -0.3 is 0 Å². The highest BCUT2D eigenvalue weighted by atomic mass is 79.9. The van der Waals surface area contributed by atoms with Crippen molar-refractivity contribution in [3.05, 3.63) is 0 Å². The van der Waals surface area contributed by atoms with Gasteiger partial charge >= 0.3 is 0 Å². The van der Waals surface area contributed by atoms with E-state index in [0.717, 1.165) is 11.8 Å². The Bertz CT molecular complexity index is 37.1. The molecule has 0 aliphatic rings. The molecule has 0 aliphatic heterocycles. The molecular formula is C5H10BrCl. The highest BCUT2D eigenvalue weighted by Gasteiger charge is 1.91. The Morgan fingerprint density at radius 2 is 2.29 bits per heavy atom. The summed E-state index contributed by atoms with van der Waals surface area (Å²) in [6.45, 7) is 2.02. The minimum absolute atomic E-state index is 0.345. The Hall–Kier alpha value is 0.770. The lowest BCUT2D eigenvalue weighted by molar-refractivity contribution is 0.789. The second kappa shape index (κ2) is 4.92. The third-order valence-electron chi connectivity index (χ3n) is 0.736. The zero-order valence-corrected chi connectivity index (χ0v) is 6.80. The van der Waals surface area contributed by atoms with E-state index in [-0.39, 0.29) is 0 Å². The molecule has 1 atom stereocenters. The van der Waals surface area contributed by atoms with Crippen LogP contribution in [0.3, 0.4) is 0 Å². The van der Waals surface area contributed by atoms with E-state index in [0.29, 0.717) is 5.38 Å². The molecule has 7 heavy (non-hydrogen) atoms. The lowest BCUT2D eigenvalue weighted by atomic mass is 10.3. The first-order valence-corrected chi connectivity index (χ1v) is 4.03. The van der Waals surface area contributed by atoms with Crippen LogP contribution < -0.4 is 0 Å².